The third-order valence-electron chi connectivity index (χ3n) is 2.95. The molecule has 3 rings (SSSR count). The second-order valence-corrected chi connectivity index (χ2v) is 5.25. The van der Waals surface area contributed by atoms with E-state index in [0.717, 1.165) is 0 Å². The molecule has 6 heteroatoms. The summed E-state index contributed by atoms with van der Waals surface area (Å²) in [5.74, 6) is -0.975. The third-order valence-corrected chi connectivity index (χ3v) is 3.68. The van der Waals surface area contributed by atoms with Crippen molar-refractivity contribution in [3.8, 4) is 0 Å². The number of fused-ring (bicyclic) bond motifs is 1. The van der Waals surface area contributed by atoms with Gasteiger partial charge in [-0.15, -0.1) is 0 Å². The minimum absolute atomic E-state index is 0.195. The van der Waals surface area contributed by atoms with E-state index in [1.807, 2.05) is 23.4 Å². The molecule has 1 aromatic carbocycles. The Morgan fingerprint density at radius 1 is 1.45 bits per heavy atom. The van der Waals surface area contributed by atoms with Crippen LogP contribution in [0.15, 0.2) is 39.4 Å². The van der Waals surface area contributed by atoms with Crippen molar-refractivity contribution in [3.63, 3.8) is 0 Å². The first-order valence-corrected chi connectivity index (χ1v) is 6.94. The summed E-state index contributed by atoms with van der Waals surface area (Å²) in [5, 5.41) is 13.1. The number of thiophene rings is 1. The van der Waals surface area contributed by atoms with Crippen LogP contribution in [0.4, 0.5) is 6.01 Å². The van der Waals surface area contributed by atoms with Crippen LogP contribution in [0.2, 0.25) is 0 Å². The molecule has 0 unspecified atom stereocenters. The van der Waals surface area contributed by atoms with Crippen molar-refractivity contribution in [2.24, 2.45) is 0 Å². The summed E-state index contributed by atoms with van der Waals surface area (Å²) in [5.41, 5.74) is 2.52. The molecule has 1 N–H and O–H groups in total. The smallest absolute Gasteiger partial charge is 0.335 e. The lowest BCUT2D eigenvalue weighted by Crippen LogP contribution is -2.15. The Labute approximate surface area is 119 Å². The van der Waals surface area contributed by atoms with Gasteiger partial charge in [0.05, 0.1) is 5.56 Å². The molecular formula is C14H12N2O3S. The van der Waals surface area contributed by atoms with E-state index in [2.05, 4.69) is 10.4 Å². The van der Waals surface area contributed by atoms with Gasteiger partial charge < -0.3 is 14.4 Å². The van der Waals surface area contributed by atoms with Crippen molar-refractivity contribution in [2.75, 3.05) is 11.9 Å². The molecule has 5 nitrogen and oxygen atoms in total. The van der Waals surface area contributed by atoms with Crippen molar-refractivity contribution in [1.29, 1.82) is 0 Å². The lowest BCUT2D eigenvalue weighted by Gasteiger charge is -2.12. The number of carboxylic acids is 1. The summed E-state index contributed by atoms with van der Waals surface area (Å²) in [7, 11) is 1.89. The first-order chi connectivity index (χ1) is 9.63. The van der Waals surface area contributed by atoms with Crippen molar-refractivity contribution in [2.45, 2.75) is 6.54 Å². The molecule has 0 spiro atoms. The van der Waals surface area contributed by atoms with Gasteiger partial charge in [0.2, 0.25) is 0 Å². The molecular weight excluding hydrogens is 276 g/mol. The van der Waals surface area contributed by atoms with E-state index in [4.69, 9.17) is 9.52 Å². The van der Waals surface area contributed by atoms with Crippen LogP contribution in [0.1, 0.15) is 15.9 Å². The van der Waals surface area contributed by atoms with E-state index in [-0.39, 0.29) is 5.56 Å². The largest absolute Gasteiger partial charge is 0.478 e. The van der Waals surface area contributed by atoms with E-state index in [0.29, 0.717) is 23.7 Å². The van der Waals surface area contributed by atoms with Gasteiger partial charge in [-0.1, -0.05) is 0 Å². The highest BCUT2D eigenvalue weighted by Gasteiger charge is 2.13. The highest BCUT2D eigenvalue weighted by atomic mass is 32.1. The second kappa shape index (κ2) is 4.97. The van der Waals surface area contributed by atoms with Gasteiger partial charge in [0.15, 0.2) is 5.58 Å². The van der Waals surface area contributed by atoms with Crippen LogP contribution >= 0.6 is 11.3 Å². The number of aromatic nitrogens is 1. The highest BCUT2D eigenvalue weighted by Crippen LogP contribution is 2.23. The monoisotopic (exact) mass is 288 g/mol. The van der Waals surface area contributed by atoms with E-state index < -0.39 is 5.97 Å². The van der Waals surface area contributed by atoms with Gasteiger partial charge >= 0.3 is 5.97 Å². The highest BCUT2D eigenvalue weighted by molar-refractivity contribution is 7.07. The first kappa shape index (κ1) is 12.7. The molecule has 0 fully saturated rings. The van der Waals surface area contributed by atoms with Crippen molar-refractivity contribution in [3.05, 3.63) is 46.2 Å². The van der Waals surface area contributed by atoms with Crippen LogP contribution in [0, 0.1) is 0 Å². The minimum Gasteiger partial charge on any atom is -0.478 e. The van der Waals surface area contributed by atoms with Gasteiger partial charge in [-0.2, -0.15) is 16.3 Å². The summed E-state index contributed by atoms with van der Waals surface area (Å²) in [6.07, 6.45) is 0. The molecule has 0 aliphatic rings. The Bertz CT molecular complexity index is 749. The SMILES string of the molecule is CN(Cc1ccsc1)c1nc2ccc(C(=O)O)cc2o1. The second-order valence-electron chi connectivity index (χ2n) is 4.47. The lowest BCUT2D eigenvalue weighted by molar-refractivity contribution is 0.0697. The van der Waals surface area contributed by atoms with Gasteiger partial charge in [-0.25, -0.2) is 4.79 Å². The summed E-state index contributed by atoms with van der Waals surface area (Å²) in [6, 6.07) is 7.20. The standard InChI is InChI=1S/C14H12N2O3S/c1-16(7-9-4-5-20-8-9)14-15-11-3-2-10(13(17)18)6-12(11)19-14/h2-6,8H,7H2,1H3,(H,17,18). The zero-order valence-corrected chi connectivity index (χ0v) is 11.6. The number of carbonyl (C=O) groups is 1. The van der Waals surface area contributed by atoms with Crippen molar-refractivity contribution >= 4 is 34.4 Å². The molecule has 0 atom stereocenters. The van der Waals surface area contributed by atoms with Gasteiger partial charge in [0.1, 0.15) is 5.52 Å². The molecule has 0 bridgehead atoms. The molecule has 3 aromatic rings. The number of anilines is 1. The zero-order chi connectivity index (χ0) is 14.1. The number of hydrogen-bond donors (Lipinski definition) is 1. The topological polar surface area (TPSA) is 66.6 Å². The number of benzene rings is 1. The number of aromatic carboxylic acids is 1. The van der Waals surface area contributed by atoms with Crippen LogP contribution in [0.5, 0.6) is 0 Å². The first-order valence-electron chi connectivity index (χ1n) is 5.99. The van der Waals surface area contributed by atoms with Crippen LogP contribution in [0.25, 0.3) is 11.1 Å². The number of hydrogen-bond acceptors (Lipinski definition) is 5. The molecule has 20 heavy (non-hydrogen) atoms. The van der Waals surface area contributed by atoms with Gasteiger partial charge in [-0.3, -0.25) is 0 Å². The fourth-order valence-corrected chi connectivity index (χ4v) is 2.59. The Balaban J connectivity index is 1.90. The summed E-state index contributed by atoms with van der Waals surface area (Å²) < 4.78 is 5.62. The minimum atomic E-state index is -0.975. The van der Waals surface area contributed by atoms with Crippen molar-refractivity contribution < 1.29 is 14.3 Å². The number of nitrogens with zero attached hydrogens (tertiary/aromatic N) is 2. The molecule has 2 heterocycles. The van der Waals surface area contributed by atoms with E-state index >= 15 is 0 Å². The average molecular weight is 288 g/mol. The maximum atomic E-state index is 10.9. The molecule has 2 aromatic heterocycles. The summed E-state index contributed by atoms with van der Waals surface area (Å²) in [4.78, 5) is 17.2. The van der Waals surface area contributed by atoms with E-state index in [1.54, 1.807) is 17.4 Å². The van der Waals surface area contributed by atoms with E-state index in [9.17, 15) is 4.79 Å². The predicted octanol–water partition coefficient (Wildman–Crippen LogP) is 3.22. The Kier molecular flexibility index (Phi) is 3.15. The molecule has 102 valence electrons. The lowest BCUT2D eigenvalue weighted by atomic mass is 10.2. The van der Waals surface area contributed by atoms with Crippen LogP contribution < -0.4 is 4.90 Å². The van der Waals surface area contributed by atoms with Crippen LogP contribution in [-0.4, -0.2) is 23.1 Å². The fraction of sp³-hybridized carbons (Fsp3) is 0.143. The quantitative estimate of drug-likeness (QED) is 0.798. The zero-order valence-electron chi connectivity index (χ0n) is 10.7. The fourth-order valence-electron chi connectivity index (χ4n) is 1.93. The van der Waals surface area contributed by atoms with Gasteiger partial charge in [0, 0.05) is 13.6 Å². The normalized spacial score (nSPS) is 10.8. The van der Waals surface area contributed by atoms with Crippen molar-refractivity contribution in [1.82, 2.24) is 4.98 Å². The predicted molar refractivity (Wildman–Crippen MR) is 77.4 cm³/mol. The molecule has 0 aliphatic carbocycles. The Hall–Kier alpha value is -2.34. The van der Waals surface area contributed by atoms with Gasteiger partial charge in [-0.05, 0) is 40.6 Å². The van der Waals surface area contributed by atoms with Gasteiger partial charge in [0.25, 0.3) is 6.01 Å². The molecule has 0 radical (unpaired) electrons. The maximum absolute atomic E-state index is 10.9. The van der Waals surface area contributed by atoms with Crippen LogP contribution in [0.3, 0.4) is 0 Å². The summed E-state index contributed by atoms with van der Waals surface area (Å²) >= 11 is 1.64. The molecule has 0 amide bonds. The molecule has 0 aliphatic heterocycles. The van der Waals surface area contributed by atoms with Crippen LogP contribution in [-0.2, 0) is 6.54 Å². The number of oxazole rings is 1. The number of carboxylic acid groups (broad SMARTS) is 1. The van der Waals surface area contributed by atoms with E-state index in [1.165, 1.54) is 17.7 Å². The Morgan fingerprint density at radius 2 is 2.30 bits per heavy atom. The average Bonchev–Trinajstić information content (AvgIpc) is 3.05. The Morgan fingerprint density at radius 3 is 3.00 bits per heavy atom. The molecule has 0 saturated carbocycles. The molecule has 0 saturated heterocycles. The maximum Gasteiger partial charge on any atom is 0.335 e. The summed E-state index contributed by atoms with van der Waals surface area (Å²) in [6.45, 7) is 0.697. The third kappa shape index (κ3) is 2.37. The number of rotatable bonds is 4.